The summed E-state index contributed by atoms with van der Waals surface area (Å²) in [5.41, 5.74) is 3.95. The van der Waals surface area contributed by atoms with Gasteiger partial charge in [0, 0.05) is 30.3 Å². The van der Waals surface area contributed by atoms with Crippen LogP contribution in [0.4, 0.5) is 5.69 Å². The molecule has 1 aromatic heterocycles. The van der Waals surface area contributed by atoms with E-state index in [2.05, 4.69) is 11.4 Å². The van der Waals surface area contributed by atoms with Crippen LogP contribution in [0.3, 0.4) is 0 Å². The lowest BCUT2D eigenvalue weighted by Gasteiger charge is -2.10. The molecule has 0 atom stereocenters. The van der Waals surface area contributed by atoms with Crippen molar-refractivity contribution in [3.8, 4) is 17.1 Å². The van der Waals surface area contributed by atoms with E-state index in [0.29, 0.717) is 34.6 Å². The van der Waals surface area contributed by atoms with Crippen LogP contribution in [0.25, 0.3) is 22.3 Å². The Morgan fingerprint density at radius 1 is 1.11 bits per heavy atom. The number of anilines is 1. The Kier molecular flexibility index (Phi) is 5.64. The Balaban J connectivity index is 2.05. The summed E-state index contributed by atoms with van der Waals surface area (Å²) < 4.78 is 11.5. The number of hydrogen-bond donors (Lipinski definition) is 1. The first-order valence-corrected chi connectivity index (χ1v) is 9.03. The molecule has 0 radical (unpaired) electrons. The van der Waals surface area contributed by atoms with Gasteiger partial charge in [-0.3, -0.25) is 9.59 Å². The quantitative estimate of drug-likeness (QED) is 0.640. The predicted molar refractivity (Wildman–Crippen MR) is 112 cm³/mol. The lowest BCUT2D eigenvalue weighted by atomic mass is 10.0. The van der Waals surface area contributed by atoms with E-state index in [9.17, 15) is 9.59 Å². The van der Waals surface area contributed by atoms with Crippen molar-refractivity contribution in [2.75, 3.05) is 12.4 Å². The van der Waals surface area contributed by atoms with Gasteiger partial charge in [-0.2, -0.15) is 0 Å². The second kappa shape index (κ2) is 8.13. The number of nitrogens with one attached hydrogen (secondary N) is 1. The van der Waals surface area contributed by atoms with Gasteiger partial charge in [0.25, 0.3) is 0 Å². The molecule has 0 bridgehead atoms. The number of carbonyl (C=O) groups is 1. The monoisotopic (exact) mass is 377 g/mol. The zero-order chi connectivity index (χ0) is 20.3. The van der Waals surface area contributed by atoms with Crippen molar-refractivity contribution in [3.63, 3.8) is 0 Å². The molecule has 1 heterocycles. The van der Waals surface area contributed by atoms with Crippen molar-refractivity contribution in [1.82, 2.24) is 0 Å². The Bertz CT molecular complexity index is 1100. The van der Waals surface area contributed by atoms with Crippen molar-refractivity contribution in [2.24, 2.45) is 0 Å². The third-order valence-electron chi connectivity index (χ3n) is 4.35. The Morgan fingerprint density at radius 3 is 2.43 bits per heavy atom. The summed E-state index contributed by atoms with van der Waals surface area (Å²) in [6.45, 7) is 5.52. The van der Waals surface area contributed by atoms with E-state index in [4.69, 9.17) is 9.15 Å². The van der Waals surface area contributed by atoms with Crippen molar-refractivity contribution < 1.29 is 13.9 Å². The maximum Gasteiger partial charge on any atom is 0.221 e. The number of amides is 1. The zero-order valence-electron chi connectivity index (χ0n) is 16.5. The number of carbonyl (C=O) groups excluding carboxylic acids is 1. The normalized spacial score (nSPS) is 10.6. The molecule has 2 aromatic carbocycles. The van der Waals surface area contributed by atoms with Gasteiger partial charge >= 0.3 is 0 Å². The molecule has 28 heavy (non-hydrogen) atoms. The molecular weight excluding hydrogens is 354 g/mol. The zero-order valence-corrected chi connectivity index (χ0v) is 16.5. The van der Waals surface area contributed by atoms with Gasteiger partial charge in [0.15, 0.2) is 5.43 Å². The highest BCUT2D eigenvalue weighted by atomic mass is 16.5. The molecule has 0 aliphatic heterocycles. The summed E-state index contributed by atoms with van der Waals surface area (Å²) in [7, 11) is 1.61. The van der Waals surface area contributed by atoms with E-state index < -0.39 is 0 Å². The summed E-state index contributed by atoms with van der Waals surface area (Å²) in [5, 5.41) is 3.24. The fourth-order valence-corrected chi connectivity index (χ4v) is 2.95. The average molecular weight is 377 g/mol. The summed E-state index contributed by atoms with van der Waals surface area (Å²) in [6, 6.07) is 12.2. The largest absolute Gasteiger partial charge is 0.496 e. The first-order chi connectivity index (χ1) is 13.4. The van der Waals surface area contributed by atoms with Crippen molar-refractivity contribution >= 4 is 22.6 Å². The molecule has 3 rings (SSSR count). The van der Waals surface area contributed by atoms with Crippen LogP contribution < -0.4 is 15.5 Å². The van der Waals surface area contributed by atoms with Crippen LogP contribution in [0.15, 0.2) is 63.3 Å². The van der Waals surface area contributed by atoms with Gasteiger partial charge in [0.1, 0.15) is 17.1 Å². The molecule has 0 unspecified atom stereocenters. The molecular formula is C23H23NO4. The van der Waals surface area contributed by atoms with E-state index in [1.807, 2.05) is 19.9 Å². The Labute approximate surface area is 163 Å². The van der Waals surface area contributed by atoms with Gasteiger partial charge in [0.05, 0.1) is 12.5 Å². The first kappa shape index (κ1) is 19.4. The molecule has 1 N–H and O–H groups in total. The molecule has 0 aliphatic carbocycles. The third kappa shape index (κ3) is 4.31. The van der Waals surface area contributed by atoms with Crippen LogP contribution in [0.5, 0.6) is 5.75 Å². The number of benzene rings is 2. The van der Waals surface area contributed by atoms with Gasteiger partial charge in [-0.1, -0.05) is 11.6 Å². The molecule has 0 fully saturated rings. The van der Waals surface area contributed by atoms with Gasteiger partial charge in [0.2, 0.25) is 5.91 Å². The standard InChI is InChI=1S/C23H23NO4/c1-14(2)5-6-17-11-19-20(26)12-22(28-23(19)13-21(17)27-4)16-7-9-18(10-8-16)24-15(3)25/h5,7-13H,6H2,1-4H3,(H,24,25). The van der Waals surface area contributed by atoms with Crippen molar-refractivity contribution in [1.29, 1.82) is 0 Å². The molecule has 3 aromatic rings. The Morgan fingerprint density at radius 2 is 1.82 bits per heavy atom. The third-order valence-corrected chi connectivity index (χ3v) is 4.35. The van der Waals surface area contributed by atoms with Gasteiger partial charge < -0.3 is 14.5 Å². The van der Waals surface area contributed by atoms with Gasteiger partial charge in [-0.25, -0.2) is 0 Å². The second-order valence-corrected chi connectivity index (χ2v) is 6.88. The maximum absolute atomic E-state index is 12.7. The summed E-state index contributed by atoms with van der Waals surface area (Å²) in [4.78, 5) is 23.8. The number of allylic oxidation sites excluding steroid dienone is 2. The lowest BCUT2D eigenvalue weighted by molar-refractivity contribution is -0.114. The number of rotatable bonds is 5. The SMILES string of the molecule is COc1cc2oc(-c3ccc(NC(C)=O)cc3)cc(=O)c2cc1CC=C(C)C. The van der Waals surface area contributed by atoms with Crippen molar-refractivity contribution in [3.05, 3.63) is 69.9 Å². The van der Waals surface area contributed by atoms with E-state index in [0.717, 1.165) is 11.1 Å². The topological polar surface area (TPSA) is 68.5 Å². The number of hydrogen-bond acceptors (Lipinski definition) is 4. The number of fused-ring (bicyclic) bond motifs is 1. The van der Waals surface area contributed by atoms with Crippen LogP contribution >= 0.6 is 0 Å². The second-order valence-electron chi connectivity index (χ2n) is 6.88. The van der Waals surface area contributed by atoms with Crippen LogP contribution in [-0.4, -0.2) is 13.0 Å². The summed E-state index contributed by atoms with van der Waals surface area (Å²) in [6.07, 6.45) is 2.78. The van der Waals surface area contributed by atoms with Gasteiger partial charge in [-0.05, 0) is 56.2 Å². The van der Waals surface area contributed by atoms with E-state index >= 15 is 0 Å². The average Bonchev–Trinajstić information content (AvgIpc) is 2.65. The van der Waals surface area contributed by atoms with E-state index in [-0.39, 0.29) is 11.3 Å². The molecule has 0 saturated heterocycles. The first-order valence-electron chi connectivity index (χ1n) is 9.03. The van der Waals surface area contributed by atoms with Gasteiger partial charge in [-0.15, -0.1) is 0 Å². The minimum atomic E-state index is -0.138. The molecule has 1 amide bonds. The molecule has 144 valence electrons. The maximum atomic E-state index is 12.7. The van der Waals surface area contributed by atoms with Crippen LogP contribution in [0.2, 0.25) is 0 Å². The fourth-order valence-electron chi connectivity index (χ4n) is 2.95. The summed E-state index contributed by atoms with van der Waals surface area (Å²) in [5.74, 6) is 1.01. The molecule has 5 heteroatoms. The Hall–Kier alpha value is -3.34. The molecule has 0 aliphatic rings. The highest BCUT2D eigenvalue weighted by Gasteiger charge is 2.12. The van der Waals surface area contributed by atoms with E-state index in [1.54, 1.807) is 37.4 Å². The van der Waals surface area contributed by atoms with Crippen molar-refractivity contribution in [2.45, 2.75) is 27.2 Å². The minimum Gasteiger partial charge on any atom is -0.496 e. The van der Waals surface area contributed by atoms with Crippen LogP contribution in [0, 0.1) is 0 Å². The van der Waals surface area contributed by atoms with Crippen LogP contribution in [0.1, 0.15) is 26.3 Å². The summed E-state index contributed by atoms with van der Waals surface area (Å²) >= 11 is 0. The number of ether oxygens (including phenoxy) is 1. The highest BCUT2D eigenvalue weighted by molar-refractivity contribution is 5.89. The predicted octanol–water partition coefficient (Wildman–Crippen LogP) is 4.94. The molecule has 0 spiro atoms. The van der Waals surface area contributed by atoms with E-state index in [1.165, 1.54) is 18.6 Å². The fraction of sp³-hybridized carbons (Fsp3) is 0.217. The highest BCUT2D eigenvalue weighted by Crippen LogP contribution is 2.29. The lowest BCUT2D eigenvalue weighted by Crippen LogP contribution is -2.05. The molecule has 5 nitrogen and oxygen atoms in total. The molecule has 0 saturated carbocycles. The van der Waals surface area contributed by atoms with Crippen LogP contribution in [-0.2, 0) is 11.2 Å². The number of methoxy groups -OCH3 is 1. The smallest absolute Gasteiger partial charge is 0.221 e. The minimum absolute atomic E-state index is 0.108.